The van der Waals surface area contributed by atoms with Crippen molar-refractivity contribution in [3.05, 3.63) is 70.5 Å². The number of fused-ring (bicyclic) bond motifs is 1. The zero-order valence-electron chi connectivity index (χ0n) is 15.8. The highest BCUT2D eigenvalue weighted by Crippen LogP contribution is 2.31. The van der Waals surface area contributed by atoms with Gasteiger partial charge in [-0.05, 0) is 48.0 Å². The third-order valence-corrected chi connectivity index (χ3v) is 5.31. The molecule has 0 aliphatic rings. The van der Waals surface area contributed by atoms with Gasteiger partial charge in [0.1, 0.15) is 5.82 Å². The average Bonchev–Trinajstić information content (AvgIpc) is 3.25. The van der Waals surface area contributed by atoms with Gasteiger partial charge in [0, 0.05) is 30.1 Å². The lowest BCUT2D eigenvalue weighted by Crippen LogP contribution is -2.24. The van der Waals surface area contributed by atoms with Gasteiger partial charge in [-0.25, -0.2) is 4.39 Å². The minimum Gasteiger partial charge on any atom is -0.354 e. The Bertz CT molecular complexity index is 1230. The molecule has 0 radical (unpaired) electrons. The number of nitrogens with zero attached hydrogens (tertiary/aromatic N) is 2. The van der Waals surface area contributed by atoms with E-state index in [0.717, 1.165) is 27.7 Å². The van der Waals surface area contributed by atoms with Crippen molar-refractivity contribution in [3.63, 3.8) is 0 Å². The van der Waals surface area contributed by atoms with Crippen molar-refractivity contribution in [2.75, 3.05) is 0 Å². The summed E-state index contributed by atoms with van der Waals surface area (Å²) in [6.07, 6.45) is 0.761. The summed E-state index contributed by atoms with van der Waals surface area (Å²) >= 11 is 5.07. The molecule has 3 N–H and O–H groups in total. The molecule has 2 aromatic heterocycles. The molecule has 29 heavy (non-hydrogen) atoms. The first-order chi connectivity index (χ1) is 14.0. The van der Waals surface area contributed by atoms with Crippen LogP contribution < -0.4 is 5.32 Å². The van der Waals surface area contributed by atoms with Crippen LogP contribution in [-0.2, 0) is 24.8 Å². The number of carbonyl (C=O) groups is 1. The highest BCUT2D eigenvalue weighted by Gasteiger charge is 2.15. The zero-order chi connectivity index (χ0) is 20.4. The normalized spacial score (nSPS) is 11.1. The molecule has 4 aromatic rings. The summed E-state index contributed by atoms with van der Waals surface area (Å²) in [5.74, 6) is 0.249. The van der Waals surface area contributed by atoms with Crippen LogP contribution in [0.4, 0.5) is 4.39 Å². The number of hydrogen-bond acceptors (Lipinski definition) is 3. The molecule has 0 bridgehead atoms. The number of H-pyrrole nitrogens is 2. The molecule has 0 unspecified atom stereocenters. The van der Waals surface area contributed by atoms with E-state index in [2.05, 4.69) is 20.5 Å². The number of aryl methyl sites for hydroxylation is 1. The summed E-state index contributed by atoms with van der Waals surface area (Å²) in [7, 11) is 1.79. The van der Waals surface area contributed by atoms with Gasteiger partial charge in [-0.15, -0.1) is 0 Å². The highest BCUT2D eigenvalue weighted by atomic mass is 32.1. The maximum atomic E-state index is 13.9. The second-order valence-corrected chi connectivity index (χ2v) is 7.20. The number of aromatic nitrogens is 4. The number of rotatable bonds is 6. The van der Waals surface area contributed by atoms with Gasteiger partial charge in [0.05, 0.1) is 6.54 Å². The van der Waals surface area contributed by atoms with Gasteiger partial charge < -0.3 is 14.9 Å². The predicted molar refractivity (Wildman–Crippen MR) is 112 cm³/mol. The first-order valence-electron chi connectivity index (χ1n) is 9.25. The molecule has 1 amide bonds. The molecule has 0 fully saturated rings. The summed E-state index contributed by atoms with van der Waals surface area (Å²) in [6, 6.07) is 14.5. The predicted octanol–water partition coefficient (Wildman–Crippen LogP) is 4.01. The number of hydrogen-bond donors (Lipinski definition) is 3. The second kappa shape index (κ2) is 8.00. The molecule has 0 aliphatic carbocycles. The van der Waals surface area contributed by atoms with Gasteiger partial charge in [0.25, 0.3) is 0 Å². The van der Waals surface area contributed by atoms with Crippen molar-refractivity contribution in [1.82, 2.24) is 25.1 Å². The van der Waals surface area contributed by atoms with E-state index in [9.17, 15) is 9.18 Å². The van der Waals surface area contributed by atoms with Gasteiger partial charge in [0.15, 0.2) is 10.6 Å². The number of carbonyl (C=O) groups excluding carboxylic acids is 1. The largest absolute Gasteiger partial charge is 0.354 e. The van der Waals surface area contributed by atoms with Gasteiger partial charge >= 0.3 is 0 Å². The number of amides is 1. The quantitative estimate of drug-likeness (QED) is 0.421. The van der Waals surface area contributed by atoms with Gasteiger partial charge in [-0.2, -0.15) is 5.10 Å². The van der Waals surface area contributed by atoms with Crippen molar-refractivity contribution in [1.29, 1.82) is 0 Å². The summed E-state index contributed by atoms with van der Waals surface area (Å²) < 4.78 is 16.1. The van der Waals surface area contributed by atoms with E-state index in [1.807, 2.05) is 30.3 Å². The van der Waals surface area contributed by atoms with E-state index < -0.39 is 0 Å². The van der Waals surface area contributed by atoms with Crippen LogP contribution in [0.15, 0.2) is 48.5 Å². The Morgan fingerprint density at radius 1 is 1.24 bits per heavy atom. The van der Waals surface area contributed by atoms with Crippen LogP contribution in [0.5, 0.6) is 0 Å². The zero-order valence-corrected chi connectivity index (χ0v) is 16.6. The van der Waals surface area contributed by atoms with Crippen LogP contribution in [0, 0.1) is 10.6 Å². The third kappa shape index (κ3) is 3.97. The van der Waals surface area contributed by atoms with Crippen LogP contribution in [0.2, 0.25) is 0 Å². The monoisotopic (exact) mass is 409 g/mol. The average molecular weight is 409 g/mol. The van der Waals surface area contributed by atoms with Gasteiger partial charge in [0.2, 0.25) is 5.91 Å². The summed E-state index contributed by atoms with van der Waals surface area (Å²) in [5.41, 5.74) is 3.69. The standard InChI is InChI=1S/C21H20FN5OS/c1-27-18(25-26-21(27)29)12-23-19(28)10-8-15-16-11-14(22)7-9-17(16)24-20(15)13-5-3-2-4-6-13/h2-7,9,11,24H,8,10,12H2,1H3,(H,23,28)(H,26,29). The molecule has 2 heterocycles. The molecule has 0 saturated carbocycles. The Balaban J connectivity index is 1.55. The van der Waals surface area contributed by atoms with E-state index in [1.165, 1.54) is 12.1 Å². The summed E-state index contributed by atoms with van der Waals surface area (Å²) in [6.45, 7) is 0.288. The summed E-state index contributed by atoms with van der Waals surface area (Å²) in [5, 5.41) is 10.4. The first-order valence-corrected chi connectivity index (χ1v) is 9.66. The fraction of sp³-hybridized carbons (Fsp3) is 0.190. The molecule has 8 heteroatoms. The Morgan fingerprint density at radius 2 is 2.03 bits per heavy atom. The van der Waals surface area contributed by atoms with E-state index in [4.69, 9.17) is 12.2 Å². The van der Waals surface area contributed by atoms with Crippen LogP contribution in [0.1, 0.15) is 17.8 Å². The fourth-order valence-corrected chi connectivity index (χ4v) is 3.52. The van der Waals surface area contributed by atoms with Crippen molar-refractivity contribution < 1.29 is 9.18 Å². The molecule has 2 aromatic carbocycles. The van der Waals surface area contributed by atoms with E-state index >= 15 is 0 Å². The third-order valence-electron chi connectivity index (χ3n) is 4.95. The van der Waals surface area contributed by atoms with Crippen molar-refractivity contribution in [2.24, 2.45) is 7.05 Å². The molecular formula is C21H20FN5OS. The Hall–Kier alpha value is -3.26. The van der Waals surface area contributed by atoms with Crippen LogP contribution >= 0.6 is 12.2 Å². The Kier molecular flexibility index (Phi) is 5.26. The smallest absolute Gasteiger partial charge is 0.220 e. The Morgan fingerprint density at radius 3 is 2.76 bits per heavy atom. The number of nitrogens with one attached hydrogen (secondary N) is 3. The molecule has 0 spiro atoms. The van der Waals surface area contributed by atoms with Crippen LogP contribution in [-0.4, -0.2) is 25.7 Å². The van der Waals surface area contributed by atoms with Gasteiger partial charge in [-0.3, -0.25) is 9.89 Å². The van der Waals surface area contributed by atoms with Crippen molar-refractivity contribution >= 4 is 29.0 Å². The first kappa shape index (κ1) is 19.1. The molecule has 4 rings (SSSR count). The van der Waals surface area contributed by atoms with E-state index in [0.29, 0.717) is 17.0 Å². The summed E-state index contributed by atoms with van der Waals surface area (Å²) in [4.78, 5) is 15.8. The fourth-order valence-electron chi connectivity index (χ4n) is 3.37. The number of benzene rings is 2. The van der Waals surface area contributed by atoms with Crippen LogP contribution in [0.3, 0.4) is 0 Å². The molecule has 0 aliphatic heterocycles. The molecule has 148 valence electrons. The van der Waals surface area contributed by atoms with Crippen molar-refractivity contribution in [2.45, 2.75) is 19.4 Å². The molecule has 0 atom stereocenters. The minimum atomic E-state index is -0.299. The van der Waals surface area contributed by atoms with Gasteiger partial charge in [-0.1, -0.05) is 30.3 Å². The molecule has 6 nitrogen and oxygen atoms in total. The van der Waals surface area contributed by atoms with E-state index in [-0.39, 0.29) is 24.7 Å². The lowest BCUT2D eigenvalue weighted by molar-refractivity contribution is -0.121. The van der Waals surface area contributed by atoms with Crippen molar-refractivity contribution in [3.8, 4) is 11.3 Å². The minimum absolute atomic E-state index is 0.108. The lowest BCUT2D eigenvalue weighted by atomic mass is 10.0. The lowest BCUT2D eigenvalue weighted by Gasteiger charge is -2.07. The number of aromatic amines is 2. The maximum absolute atomic E-state index is 13.9. The number of halogens is 1. The molecular weight excluding hydrogens is 389 g/mol. The Labute approximate surface area is 171 Å². The highest BCUT2D eigenvalue weighted by molar-refractivity contribution is 7.71. The molecule has 0 saturated heterocycles. The topological polar surface area (TPSA) is 78.5 Å². The maximum Gasteiger partial charge on any atom is 0.220 e. The van der Waals surface area contributed by atoms with E-state index in [1.54, 1.807) is 17.7 Å². The SMILES string of the molecule is Cn1c(CNC(=O)CCc2c(-c3ccccc3)[nH]c3ccc(F)cc23)n[nH]c1=S. The van der Waals surface area contributed by atoms with Crippen LogP contribution in [0.25, 0.3) is 22.2 Å². The second-order valence-electron chi connectivity index (χ2n) is 6.82.